The van der Waals surface area contributed by atoms with E-state index < -0.39 is 0 Å². The first-order valence-electron chi connectivity index (χ1n) is 9.16. The van der Waals surface area contributed by atoms with E-state index in [0.717, 1.165) is 32.4 Å². The third kappa shape index (κ3) is 3.35. The number of carbonyl (C=O) groups is 2. The number of imide groups is 1. The minimum absolute atomic E-state index is 0.126. The summed E-state index contributed by atoms with van der Waals surface area (Å²) in [4.78, 5) is 33.8. The number of piperidine rings is 1. The van der Waals surface area contributed by atoms with Crippen molar-refractivity contribution in [2.45, 2.75) is 25.8 Å². The summed E-state index contributed by atoms with van der Waals surface area (Å²) in [6.45, 7) is 1.62. The van der Waals surface area contributed by atoms with Crippen LogP contribution in [0.1, 0.15) is 30.5 Å². The molecular formula is C21H20FN3O2. The van der Waals surface area contributed by atoms with E-state index in [0.29, 0.717) is 22.5 Å². The average molecular weight is 365 g/mol. The Morgan fingerprint density at radius 3 is 2.33 bits per heavy atom. The van der Waals surface area contributed by atoms with Gasteiger partial charge in [-0.25, -0.2) is 4.39 Å². The summed E-state index contributed by atoms with van der Waals surface area (Å²) in [5.74, 6) is -1.02. The van der Waals surface area contributed by atoms with Gasteiger partial charge < -0.3 is 4.90 Å². The van der Waals surface area contributed by atoms with Crippen LogP contribution in [0.4, 0.5) is 4.39 Å². The number of hydrogen-bond donors (Lipinski definition) is 0. The van der Waals surface area contributed by atoms with Gasteiger partial charge in [0.25, 0.3) is 11.8 Å². The molecule has 4 rings (SSSR count). The van der Waals surface area contributed by atoms with Gasteiger partial charge in [-0.3, -0.25) is 19.5 Å². The zero-order valence-corrected chi connectivity index (χ0v) is 14.9. The van der Waals surface area contributed by atoms with Crippen molar-refractivity contribution < 1.29 is 14.0 Å². The van der Waals surface area contributed by atoms with Gasteiger partial charge in [0, 0.05) is 19.3 Å². The topological polar surface area (TPSA) is 53.5 Å². The van der Waals surface area contributed by atoms with Crippen molar-refractivity contribution in [3.05, 3.63) is 71.4 Å². The molecule has 1 aromatic heterocycles. The molecule has 0 unspecified atom stereocenters. The van der Waals surface area contributed by atoms with Crippen LogP contribution in [0.2, 0.25) is 0 Å². The van der Waals surface area contributed by atoms with E-state index in [9.17, 15) is 14.0 Å². The van der Waals surface area contributed by atoms with Gasteiger partial charge in [0.2, 0.25) is 0 Å². The fourth-order valence-corrected chi connectivity index (χ4v) is 3.65. The maximum atomic E-state index is 13.4. The molecule has 138 valence electrons. The summed E-state index contributed by atoms with van der Waals surface area (Å²) in [6, 6.07) is 11.2. The molecule has 0 radical (unpaired) electrons. The van der Waals surface area contributed by atoms with Crippen LogP contribution >= 0.6 is 0 Å². The largest absolute Gasteiger partial charge is 0.366 e. The lowest BCUT2D eigenvalue weighted by atomic mass is 10.0. The van der Waals surface area contributed by atoms with E-state index in [1.807, 2.05) is 11.0 Å². The first-order valence-corrected chi connectivity index (χ1v) is 9.16. The fourth-order valence-electron chi connectivity index (χ4n) is 3.65. The molecule has 2 aliphatic rings. The number of nitrogens with zero attached hydrogens (tertiary/aromatic N) is 3. The number of amides is 2. The number of likely N-dealkylation sites (tertiary alicyclic amines) is 1. The van der Waals surface area contributed by atoms with E-state index in [1.54, 1.807) is 30.5 Å². The first-order chi connectivity index (χ1) is 13.1. The van der Waals surface area contributed by atoms with Crippen LogP contribution in [0.5, 0.6) is 0 Å². The second-order valence-electron chi connectivity index (χ2n) is 6.80. The highest BCUT2D eigenvalue weighted by Gasteiger charge is 2.41. The number of rotatable bonds is 4. The normalized spacial score (nSPS) is 17.8. The summed E-state index contributed by atoms with van der Waals surface area (Å²) in [7, 11) is 0. The Morgan fingerprint density at radius 2 is 1.67 bits per heavy atom. The molecule has 2 aromatic rings. The number of aromatic nitrogens is 1. The molecule has 0 saturated carbocycles. The molecule has 3 heterocycles. The maximum absolute atomic E-state index is 13.4. The van der Waals surface area contributed by atoms with Crippen LogP contribution < -0.4 is 0 Å². The van der Waals surface area contributed by atoms with Crippen LogP contribution in [-0.4, -0.2) is 39.7 Å². The van der Waals surface area contributed by atoms with Gasteiger partial charge in [-0.1, -0.05) is 18.2 Å². The molecule has 0 atom stereocenters. The van der Waals surface area contributed by atoms with E-state index >= 15 is 0 Å². The van der Waals surface area contributed by atoms with Crippen molar-refractivity contribution in [3.63, 3.8) is 0 Å². The monoisotopic (exact) mass is 365 g/mol. The molecule has 5 nitrogen and oxygen atoms in total. The van der Waals surface area contributed by atoms with Gasteiger partial charge in [-0.15, -0.1) is 0 Å². The zero-order chi connectivity index (χ0) is 18.8. The Balaban J connectivity index is 1.73. The standard InChI is InChI=1S/C21H20FN3O2/c22-16-9-7-15(8-10-16)18-19(24-12-4-1-5-13-24)21(27)25(20(18)26)14-17-6-2-3-11-23-17/h2-3,6-11H,1,4-5,12-14H2. The maximum Gasteiger partial charge on any atom is 0.278 e. The van der Waals surface area contributed by atoms with Crippen molar-refractivity contribution >= 4 is 17.4 Å². The van der Waals surface area contributed by atoms with E-state index in [4.69, 9.17) is 0 Å². The first kappa shape index (κ1) is 17.4. The number of benzene rings is 1. The Morgan fingerprint density at radius 1 is 0.926 bits per heavy atom. The van der Waals surface area contributed by atoms with Gasteiger partial charge in [0.1, 0.15) is 11.5 Å². The third-order valence-electron chi connectivity index (χ3n) is 4.99. The van der Waals surface area contributed by atoms with Crippen molar-refractivity contribution in [3.8, 4) is 0 Å². The molecule has 2 aliphatic heterocycles. The summed E-state index contributed by atoms with van der Waals surface area (Å²) in [5.41, 5.74) is 2.01. The molecule has 1 saturated heterocycles. The highest BCUT2D eigenvalue weighted by molar-refractivity contribution is 6.35. The number of carbonyl (C=O) groups excluding carboxylic acids is 2. The molecule has 1 fully saturated rings. The quantitative estimate of drug-likeness (QED) is 0.782. The van der Waals surface area contributed by atoms with Gasteiger partial charge in [-0.2, -0.15) is 0 Å². The Hall–Kier alpha value is -3.02. The highest BCUT2D eigenvalue weighted by atomic mass is 19.1. The molecule has 0 N–H and O–H groups in total. The lowest BCUT2D eigenvalue weighted by Crippen LogP contribution is -2.37. The van der Waals surface area contributed by atoms with E-state index in [-0.39, 0.29) is 24.2 Å². The minimum atomic E-state index is -0.374. The predicted octanol–water partition coefficient (Wildman–Crippen LogP) is 2.99. The van der Waals surface area contributed by atoms with Crippen LogP contribution in [0.15, 0.2) is 54.4 Å². The number of hydrogen-bond acceptors (Lipinski definition) is 4. The zero-order valence-electron chi connectivity index (χ0n) is 14.9. The van der Waals surface area contributed by atoms with Gasteiger partial charge >= 0.3 is 0 Å². The van der Waals surface area contributed by atoms with E-state index in [1.165, 1.54) is 17.0 Å². The van der Waals surface area contributed by atoms with Crippen LogP contribution in [0.25, 0.3) is 5.57 Å². The van der Waals surface area contributed by atoms with E-state index in [2.05, 4.69) is 4.98 Å². The molecule has 2 amide bonds. The smallest absolute Gasteiger partial charge is 0.278 e. The van der Waals surface area contributed by atoms with Crippen molar-refractivity contribution in [1.29, 1.82) is 0 Å². The van der Waals surface area contributed by atoms with Crippen LogP contribution in [0.3, 0.4) is 0 Å². The fraction of sp³-hybridized carbons (Fsp3) is 0.286. The minimum Gasteiger partial charge on any atom is -0.366 e. The average Bonchev–Trinajstić information content (AvgIpc) is 2.95. The lowest BCUT2D eigenvalue weighted by Gasteiger charge is -2.29. The summed E-state index contributed by atoms with van der Waals surface area (Å²) >= 11 is 0. The Labute approximate surface area is 157 Å². The van der Waals surface area contributed by atoms with Crippen molar-refractivity contribution in [2.24, 2.45) is 0 Å². The molecule has 0 bridgehead atoms. The molecule has 27 heavy (non-hydrogen) atoms. The second kappa shape index (κ2) is 7.31. The molecule has 0 spiro atoms. The SMILES string of the molecule is O=C1C(c2ccc(F)cc2)=C(N2CCCCC2)C(=O)N1Cc1ccccn1. The van der Waals surface area contributed by atoms with Crippen LogP contribution in [0, 0.1) is 5.82 Å². The van der Waals surface area contributed by atoms with Gasteiger partial charge in [-0.05, 0) is 49.1 Å². The summed E-state index contributed by atoms with van der Waals surface area (Å²) in [6.07, 6.45) is 4.74. The summed E-state index contributed by atoms with van der Waals surface area (Å²) < 4.78 is 13.4. The van der Waals surface area contributed by atoms with Crippen molar-refractivity contribution in [1.82, 2.24) is 14.8 Å². The molecule has 1 aromatic carbocycles. The van der Waals surface area contributed by atoms with Gasteiger partial charge in [0.05, 0.1) is 17.8 Å². The second-order valence-corrected chi connectivity index (χ2v) is 6.80. The summed E-state index contributed by atoms with van der Waals surface area (Å²) in [5, 5.41) is 0. The Bertz CT molecular complexity index is 887. The predicted molar refractivity (Wildman–Crippen MR) is 98.5 cm³/mol. The third-order valence-corrected chi connectivity index (χ3v) is 4.99. The van der Waals surface area contributed by atoms with Crippen LogP contribution in [-0.2, 0) is 16.1 Å². The van der Waals surface area contributed by atoms with Crippen molar-refractivity contribution in [2.75, 3.05) is 13.1 Å². The number of halogens is 1. The molecule has 6 heteroatoms. The number of pyridine rings is 1. The highest BCUT2D eigenvalue weighted by Crippen LogP contribution is 2.33. The van der Waals surface area contributed by atoms with Gasteiger partial charge in [0.15, 0.2) is 0 Å². The molecule has 0 aliphatic carbocycles. The lowest BCUT2D eigenvalue weighted by molar-refractivity contribution is -0.138. The Kier molecular flexibility index (Phi) is 4.71. The molecular weight excluding hydrogens is 345 g/mol.